The van der Waals surface area contributed by atoms with Gasteiger partial charge in [0.25, 0.3) is 0 Å². The summed E-state index contributed by atoms with van der Waals surface area (Å²) in [5, 5.41) is 2.75. The average Bonchev–Trinajstić information content (AvgIpc) is 3.16. The Morgan fingerprint density at radius 1 is 1.29 bits per heavy atom. The molecule has 0 N–H and O–H groups in total. The molecule has 1 aliphatic rings. The lowest BCUT2D eigenvalue weighted by molar-refractivity contribution is -0.140. The van der Waals surface area contributed by atoms with Crippen LogP contribution in [-0.4, -0.2) is 55.0 Å². The number of fused-ring (bicyclic) bond motifs is 1. The highest BCUT2D eigenvalue weighted by molar-refractivity contribution is 7.10. The van der Waals surface area contributed by atoms with Crippen LogP contribution in [0.5, 0.6) is 0 Å². The second-order valence-electron chi connectivity index (χ2n) is 6.88. The lowest BCUT2D eigenvalue weighted by Gasteiger charge is -2.37. The number of benzene rings is 1. The Morgan fingerprint density at radius 2 is 2.04 bits per heavy atom. The first-order valence-corrected chi connectivity index (χ1v) is 10.6. The van der Waals surface area contributed by atoms with Crippen LogP contribution in [0.3, 0.4) is 0 Å². The molecule has 2 amide bonds. The summed E-state index contributed by atoms with van der Waals surface area (Å²) in [4.78, 5) is 30.0. The van der Waals surface area contributed by atoms with E-state index in [2.05, 4.69) is 11.4 Å². The fraction of sp³-hybridized carbons (Fsp3) is 0.429. The van der Waals surface area contributed by atoms with E-state index in [0.717, 1.165) is 12.0 Å². The van der Waals surface area contributed by atoms with Crippen molar-refractivity contribution in [2.24, 2.45) is 0 Å². The zero-order chi connectivity index (χ0) is 20.1. The van der Waals surface area contributed by atoms with Gasteiger partial charge in [0, 0.05) is 43.6 Å². The number of methoxy groups -OCH3 is 1. The summed E-state index contributed by atoms with van der Waals surface area (Å²) in [5.74, 6) is -0.134. The van der Waals surface area contributed by atoms with Crippen LogP contribution < -0.4 is 0 Å². The number of halogens is 1. The molecule has 0 saturated heterocycles. The largest absolute Gasteiger partial charge is 0.385 e. The molecule has 0 fully saturated rings. The van der Waals surface area contributed by atoms with E-state index < -0.39 is 0 Å². The Hall–Kier alpha value is -1.89. The van der Waals surface area contributed by atoms with E-state index in [1.165, 1.54) is 17.4 Å². The zero-order valence-corrected chi connectivity index (χ0v) is 17.8. The fourth-order valence-electron chi connectivity index (χ4n) is 3.59. The van der Waals surface area contributed by atoms with Gasteiger partial charge in [-0.3, -0.25) is 9.59 Å². The maximum Gasteiger partial charge on any atom is 0.242 e. The number of amides is 2. The van der Waals surface area contributed by atoms with Crippen LogP contribution in [0.4, 0.5) is 0 Å². The molecule has 1 aromatic heterocycles. The molecule has 0 aliphatic carbocycles. The topological polar surface area (TPSA) is 49.9 Å². The van der Waals surface area contributed by atoms with Crippen LogP contribution in [0.15, 0.2) is 35.7 Å². The van der Waals surface area contributed by atoms with E-state index >= 15 is 0 Å². The third kappa shape index (κ3) is 4.74. The van der Waals surface area contributed by atoms with Gasteiger partial charge in [0.1, 0.15) is 0 Å². The van der Waals surface area contributed by atoms with Crippen molar-refractivity contribution < 1.29 is 14.3 Å². The van der Waals surface area contributed by atoms with Gasteiger partial charge in [-0.1, -0.05) is 23.7 Å². The van der Waals surface area contributed by atoms with Crippen molar-refractivity contribution in [2.75, 3.05) is 33.4 Å². The molecule has 28 heavy (non-hydrogen) atoms. The molecule has 150 valence electrons. The number of hydrogen-bond donors (Lipinski definition) is 0. The summed E-state index contributed by atoms with van der Waals surface area (Å²) < 4.78 is 5.07. The van der Waals surface area contributed by atoms with Gasteiger partial charge in [-0.05, 0) is 47.5 Å². The van der Waals surface area contributed by atoms with Crippen molar-refractivity contribution in [3.05, 3.63) is 56.7 Å². The Balaban J connectivity index is 1.83. The number of carbonyl (C=O) groups excluding carboxylic acids is 2. The first-order valence-electron chi connectivity index (χ1n) is 9.37. The van der Waals surface area contributed by atoms with Crippen LogP contribution in [0.1, 0.15) is 35.4 Å². The minimum atomic E-state index is -0.146. The molecule has 0 saturated carbocycles. The molecule has 2 heterocycles. The van der Waals surface area contributed by atoms with Crippen LogP contribution in [-0.2, 0) is 20.7 Å². The zero-order valence-electron chi connectivity index (χ0n) is 16.2. The third-order valence-electron chi connectivity index (χ3n) is 5.02. The molecule has 0 radical (unpaired) electrons. The standard InChI is InChI=1S/C21H25ClN2O3S/c1-15(25)23(10-3-12-27-2)14-20(26)24-11-8-19-18(9-13-28-19)21(24)16-4-6-17(22)7-5-16/h4-7,9,13,21H,3,8,10-12,14H2,1-2H3/t21-/m0/s1. The van der Waals surface area contributed by atoms with Crippen molar-refractivity contribution in [2.45, 2.75) is 25.8 Å². The Bertz CT molecular complexity index is 821. The highest BCUT2D eigenvalue weighted by Gasteiger charge is 2.33. The van der Waals surface area contributed by atoms with Crippen molar-refractivity contribution in [3.8, 4) is 0 Å². The Morgan fingerprint density at radius 3 is 2.71 bits per heavy atom. The molecule has 1 aromatic carbocycles. The van der Waals surface area contributed by atoms with E-state index in [4.69, 9.17) is 16.3 Å². The smallest absolute Gasteiger partial charge is 0.242 e. The summed E-state index contributed by atoms with van der Waals surface area (Å²) in [7, 11) is 1.63. The molecule has 7 heteroatoms. The predicted molar refractivity (Wildman–Crippen MR) is 112 cm³/mol. The lowest BCUT2D eigenvalue weighted by atomic mass is 9.93. The monoisotopic (exact) mass is 420 g/mol. The van der Waals surface area contributed by atoms with E-state index in [9.17, 15) is 9.59 Å². The van der Waals surface area contributed by atoms with Gasteiger partial charge in [0.15, 0.2) is 0 Å². The van der Waals surface area contributed by atoms with E-state index in [-0.39, 0.29) is 24.4 Å². The molecule has 1 atom stereocenters. The molecule has 3 rings (SSSR count). The SMILES string of the molecule is COCCCN(CC(=O)N1CCc2sccc2[C@@H]1c1ccc(Cl)cc1)C(C)=O. The highest BCUT2D eigenvalue weighted by atomic mass is 35.5. The summed E-state index contributed by atoms with van der Waals surface area (Å²) in [6.07, 6.45) is 1.55. The molecule has 1 aliphatic heterocycles. The van der Waals surface area contributed by atoms with Crippen molar-refractivity contribution in [1.82, 2.24) is 9.80 Å². The van der Waals surface area contributed by atoms with Gasteiger partial charge in [-0.25, -0.2) is 0 Å². The van der Waals surface area contributed by atoms with Crippen LogP contribution in [0, 0.1) is 0 Å². The molecule has 5 nitrogen and oxygen atoms in total. The second kappa shape index (κ2) is 9.54. The van der Waals surface area contributed by atoms with Gasteiger partial charge in [0.05, 0.1) is 12.6 Å². The predicted octanol–water partition coefficient (Wildman–Crippen LogP) is 3.76. The van der Waals surface area contributed by atoms with Gasteiger partial charge >= 0.3 is 0 Å². The summed E-state index contributed by atoms with van der Waals surface area (Å²) in [5.41, 5.74) is 2.20. The van der Waals surface area contributed by atoms with E-state index in [1.54, 1.807) is 23.3 Å². The fourth-order valence-corrected chi connectivity index (χ4v) is 4.62. The van der Waals surface area contributed by atoms with Crippen molar-refractivity contribution in [3.63, 3.8) is 0 Å². The average molecular weight is 421 g/mol. The summed E-state index contributed by atoms with van der Waals surface area (Å²) in [6, 6.07) is 9.61. The van der Waals surface area contributed by atoms with Crippen molar-refractivity contribution >= 4 is 34.8 Å². The van der Waals surface area contributed by atoms with E-state index in [0.29, 0.717) is 31.1 Å². The number of hydrogen-bond acceptors (Lipinski definition) is 4. The first-order chi connectivity index (χ1) is 13.5. The van der Waals surface area contributed by atoms with Gasteiger partial charge in [-0.15, -0.1) is 11.3 Å². The van der Waals surface area contributed by atoms with Crippen molar-refractivity contribution in [1.29, 1.82) is 0 Å². The third-order valence-corrected chi connectivity index (χ3v) is 6.27. The Labute approximate surface area is 174 Å². The highest BCUT2D eigenvalue weighted by Crippen LogP contribution is 2.38. The molecular weight excluding hydrogens is 396 g/mol. The summed E-state index contributed by atoms with van der Waals surface area (Å²) in [6.45, 7) is 3.31. The molecule has 0 unspecified atom stereocenters. The number of ether oxygens (including phenoxy) is 1. The molecular formula is C21H25ClN2O3S. The van der Waals surface area contributed by atoms with Gasteiger partial charge in [-0.2, -0.15) is 0 Å². The number of thiophene rings is 1. The van der Waals surface area contributed by atoms with Gasteiger partial charge < -0.3 is 14.5 Å². The van der Waals surface area contributed by atoms with E-state index in [1.807, 2.05) is 29.2 Å². The quantitative estimate of drug-likeness (QED) is 0.641. The van der Waals surface area contributed by atoms with Gasteiger partial charge in [0.2, 0.25) is 11.8 Å². The maximum absolute atomic E-state index is 13.2. The Kier molecular flexibility index (Phi) is 7.10. The molecule has 0 spiro atoms. The maximum atomic E-state index is 13.2. The van der Waals surface area contributed by atoms with Crippen LogP contribution >= 0.6 is 22.9 Å². The molecule has 2 aromatic rings. The normalized spacial score (nSPS) is 16.0. The number of rotatable bonds is 7. The summed E-state index contributed by atoms with van der Waals surface area (Å²) >= 11 is 7.79. The minimum absolute atomic E-state index is 0.0376. The first kappa shape index (κ1) is 20.8. The number of carbonyl (C=O) groups is 2. The minimum Gasteiger partial charge on any atom is -0.385 e. The lowest BCUT2D eigenvalue weighted by Crippen LogP contribution is -2.46. The second-order valence-corrected chi connectivity index (χ2v) is 8.31. The van der Waals surface area contributed by atoms with Crippen LogP contribution in [0.2, 0.25) is 5.02 Å². The van der Waals surface area contributed by atoms with Crippen LogP contribution in [0.25, 0.3) is 0 Å². The molecule has 0 bridgehead atoms. The number of nitrogens with zero attached hydrogens (tertiary/aromatic N) is 2.